The van der Waals surface area contributed by atoms with E-state index >= 15 is 0 Å². The minimum absolute atomic E-state index is 0.174. The van der Waals surface area contributed by atoms with Crippen LogP contribution in [0.5, 0.6) is 5.75 Å². The maximum atomic E-state index is 11.7. The molecule has 0 radical (unpaired) electrons. The number of phenols is 1. The predicted molar refractivity (Wildman–Crippen MR) is 76.9 cm³/mol. The molecule has 2 aromatic rings. The van der Waals surface area contributed by atoms with Crippen LogP contribution in [0.4, 0.5) is 5.69 Å². The van der Waals surface area contributed by atoms with Crippen molar-refractivity contribution in [3.63, 3.8) is 0 Å². The fourth-order valence-corrected chi connectivity index (χ4v) is 1.67. The molecule has 0 bridgehead atoms. The highest BCUT2D eigenvalue weighted by Gasteiger charge is 1.98. The van der Waals surface area contributed by atoms with Crippen molar-refractivity contribution >= 4 is 17.7 Å². The Bertz CT molecular complexity index is 600. The van der Waals surface area contributed by atoms with Crippen LogP contribution in [0.15, 0.2) is 54.6 Å². The molecule has 3 nitrogen and oxygen atoms in total. The minimum Gasteiger partial charge on any atom is -0.508 e. The number of hydrogen-bond donors (Lipinski definition) is 2. The van der Waals surface area contributed by atoms with Gasteiger partial charge in [-0.25, -0.2) is 0 Å². The lowest BCUT2D eigenvalue weighted by atomic mass is 10.1. The van der Waals surface area contributed by atoms with Crippen LogP contribution in [0.25, 0.3) is 6.08 Å². The summed E-state index contributed by atoms with van der Waals surface area (Å²) in [6, 6.07) is 14.2. The number of aryl methyl sites for hydroxylation is 1. The van der Waals surface area contributed by atoms with Crippen molar-refractivity contribution in [3.8, 4) is 5.75 Å². The zero-order valence-electron chi connectivity index (χ0n) is 10.6. The highest BCUT2D eigenvalue weighted by atomic mass is 16.3. The number of carbonyl (C=O) groups excluding carboxylic acids is 1. The quantitative estimate of drug-likeness (QED) is 0.651. The van der Waals surface area contributed by atoms with Gasteiger partial charge in [-0.05, 0) is 48.4 Å². The average Bonchev–Trinajstić information content (AvgIpc) is 2.40. The monoisotopic (exact) mass is 253 g/mol. The lowest BCUT2D eigenvalue weighted by molar-refractivity contribution is -0.111. The van der Waals surface area contributed by atoms with E-state index in [0.29, 0.717) is 5.69 Å². The molecule has 0 fully saturated rings. The molecule has 0 unspecified atom stereocenters. The predicted octanol–water partition coefficient (Wildman–Crippen LogP) is 3.35. The van der Waals surface area contributed by atoms with Gasteiger partial charge in [0.1, 0.15) is 5.75 Å². The number of benzene rings is 2. The van der Waals surface area contributed by atoms with Crippen molar-refractivity contribution in [2.45, 2.75) is 6.92 Å². The second-order valence-corrected chi connectivity index (χ2v) is 4.23. The van der Waals surface area contributed by atoms with Gasteiger partial charge in [-0.2, -0.15) is 0 Å². The maximum absolute atomic E-state index is 11.7. The third kappa shape index (κ3) is 3.71. The molecule has 1 amide bonds. The molecule has 0 aliphatic rings. The molecular formula is C16H15NO2. The van der Waals surface area contributed by atoms with E-state index in [9.17, 15) is 4.79 Å². The first-order valence-corrected chi connectivity index (χ1v) is 5.99. The highest BCUT2D eigenvalue weighted by molar-refractivity contribution is 6.02. The Morgan fingerprint density at radius 1 is 1.11 bits per heavy atom. The largest absolute Gasteiger partial charge is 0.508 e. The standard InChI is InChI=1S/C16H15NO2/c1-12-4-2-3-5-13(12)6-11-16(19)17-14-7-9-15(18)10-8-14/h2-11,18H,1H3,(H,17,19)/b11-6+. The van der Waals surface area contributed by atoms with Crippen molar-refractivity contribution in [2.24, 2.45) is 0 Å². The van der Waals surface area contributed by atoms with E-state index in [1.807, 2.05) is 31.2 Å². The molecule has 0 saturated heterocycles. The highest BCUT2D eigenvalue weighted by Crippen LogP contribution is 2.14. The van der Waals surface area contributed by atoms with Crippen LogP contribution in [0.1, 0.15) is 11.1 Å². The number of anilines is 1. The average molecular weight is 253 g/mol. The summed E-state index contributed by atoms with van der Waals surface area (Å²) in [6.45, 7) is 2.00. The molecule has 0 saturated carbocycles. The number of carbonyl (C=O) groups is 1. The Morgan fingerprint density at radius 3 is 2.47 bits per heavy atom. The van der Waals surface area contributed by atoms with E-state index in [1.165, 1.54) is 18.2 Å². The van der Waals surface area contributed by atoms with Crippen LogP contribution in [-0.2, 0) is 4.79 Å². The number of amides is 1. The normalized spacial score (nSPS) is 10.6. The smallest absolute Gasteiger partial charge is 0.248 e. The van der Waals surface area contributed by atoms with Crippen LogP contribution in [-0.4, -0.2) is 11.0 Å². The van der Waals surface area contributed by atoms with E-state index < -0.39 is 0 Å². The summed E-state index contributed by atoms with van der Waals surface area (Å²) in [4.78, 5) is 11.7. The molecule has 19 heavy (non-hydrogen) atoms. The van der Waals surface area contributed by atoms with Crippen molar-refractivity contribution in [1.29, 1.82) is 0 Å². The SMILES string of the molecule is Cc1ccccc1/C=C/C(=O)Nc1ccc(O)cc1. The number of aromatic hydroxyl groups is 1. The fourth-order valence-electron chi connectivity index (χ4n) is 1.67. The molecule has 2 aromatic carbocycles. The second kappa shape index (κ2) is 5.87. The van der Waals surface area contributed by atoms with Gasteiger partial charge in [0.25, 0.3) is 0 Å². The molecule has 96 valence electrons. The van der Waals surface area contributed by atoms with Crippen LogP contribution in [0, 0.1) is 6.92 Å². The van der Waals surface area contributed by atoms with Gasteiger partial charge in [0.05, 0.1) is 0 Å². The fraction of sp³-hybridized carbons (Fsp3) is 0.0625. The number of phenolic OH excluding ortho intramolecular Hbond substituents is 1. The Kier molecular flexibility index (Phi) is 3.98. The first-order chi connectivity index (χ1) is 9.15. The molecule has 0 heterocycles. The second-order valence-electron chi connectivity index (χ2n) is 4.23. The molecule has 0 aliphatic carbocycles. The van der Waals surface area contributed by atoms with Gasteiger partial charge < -0.3 is 10.4 Å². The first kappa shape index (κ1) is 12.9. The topological polar surface area (TPSA) is 49.3 Å². The third-order valence-electron chi connectivity index (χ3n) is 2.74. The number of nitrogens with one attached hydrogen (secondary N) is 1. The Morgan fingerprint density at radius 2 is 1.79 bits per heavy atom. The number of rotatable bonds is 3. The Balaban J connectivity index is 2.02. The molecule has 0 spiro atoms. The molecule has 3 heteroatoms. The summed E-state index contributed by atoms with van der Waals surface area (Å²) in [7, 11) is 0. The van der Waals surface area contributed by atoms with Gasteiger partial charge in [0.15, 0.2) is 0 Å². The Labute approximate surface area is 112 Å². The molecular weight excluding hydrogens is 238 g/mol. The number of hydrogen-bond acceptors (Lipinski definition) is 2. The zero-order valence-corrected chi connectivity index (χ0v) is 10.6. The van der Waals surface area contributed by atoms with E-state index in [2.05, 4.69) is 5.32 Å². The van der Waals surface area contributed by atoms with Gasteiger partial charge in [-0.1, -0.05) is 24.3 Å². The van der Waals surface area contributed by atoms with Crippen LogP contribution >= 0.6 is 0 Å². The maximum Gasteiger partial charge on any atom is 0.248 e. The summed E-state index contributed by atoms with van der Waals surface area (Å²) < 4.78 is 0. The van der Waals surface area contributed by atoms with E-state index in [-0.39, 0.29) is 11.7 Å². The van der Waals surface area contributed by atoms with Crippen molar-refractivity contribution in [2.75, 3.05) is 5.32 Å². The third-order valence-corrected chi connectivity index (χ3v) is 2.74. The minimum atomic E-state index is -0.200. The van der Waals surface area contributed by atoms with Crippen molar-refractivity contribution < 1.29 is 9.90 Å². The van der Waals surface area contributed by atoms with E-state index in [0.717, 1.165) is 11.1 Å². The van der Waals surface area contributed by atoms with Gasteiger partial charge in [-0.3, -0.25) is 4.79 Å². The summed E-state index contributed by atoms with van der Waals surface area (Å²) in [5.74, 6) is -0.0256. The van der Waals surface area contributed by atoms with Gasteiger partial charge in [0.2, 0.25) is 5.91 Å². The van der Waals surface area contributed by atoms with Crippen LogP contribution < -0.4 is 5.32 Å². The van der Waals surface area contributed by atoms with E-state index in [1.54, 1.807) is 18.2 Å². The van der Waals surface area contributed by atoms with Gasteiger partial charge >= 0.3 is 0 Å². The summed E-state index contributed by atoms with van der Waals surface area (Å²) in [6.07, 6.45) is 3.28. The van der Waals surface area contributed by atoms with Gasteiger partial charge in [-0.15, -0.1) is 0 Å². The summed E-state index contributed by atoms with van der Waals surface area (Å²) >= 11 is 0. The summed E-state index contributed by atoms with van der Waals surface area (Å²) in [5, 5.41) is 11.9. The molecule has 0 atom stereocenters. The molecule has 0 aromatic heterocycles. The van der Waals surface area contributed by atoms with Gasteiger partial charge in [0, 0.05) is 11.8 Å². The molecule has 2 rings (SSSR count). The lowest BCUT2D eigenvalue weighted by Gasteiger charge is -2.02. The molecule has 2 N–H and O–H groups in total. The van der Waals surface area contributed by atoms with E-state index in [4.69, 9.17) is 5.11 Å². The summed E-state index contributed by atoms with van der Waals surface area (Å²) in [5.41, 5.74) is 2.79. The lowest BCUT2D eigenvalue weighted by Crippen LogP contribution is -2.07. The zero-order chi connectivity index (χ0) is 13.7. The molecule has 0 aliphatic heterocycles. The Hall–Kier alpha value is -2.55. The first-order valence-electron chi connectivity index (χ1n) is 5.99. The van der Waals surface area contributed by atoms with Crippen LogP contribution in [0.3, 0.4) is 0 Å². The van der Waals surface area contributed by atoms with Crippen molar-refractivity contribution in [3.05, 3.63) is 65.7 Å². The van der Waals surface area contributed by atoms with Crippen LogP contribution in [0.2, 0.25) is 0 Å². The van der Waals surface area contributed by atoms with Crippen molar-refractivity contribution in [1.82, 2.24) is 0 Å².